The maximum Gasteiger partial charge on any atom is 0.262 e. The van der Waals surface area contributed by atoms with Gasteiger partial charge in [-0.2, -0.15) is 0 Å². The van der Waals surface area contributed by atoms with Crippen LogP contribution in [-0.2, 0) is 16.1 Å². The third kappa shape index (κ3) is 5.61. The number of rotatable bonds is 7. The van der Waals surface area contributed by atoms with Crippen molar-refractivity contribution in [2.75, 3.05) is 25.0 Å². The number of amides is 2. The predicted molar refractivity (Wildman–Crippen MR) is 122 cm³/mol. The molecule has 6 nitrogen and oxygen atoms in total. The number of primary amides is 1. The maximum absolute atomic E-state index is 12.3. The van der Waals surface area contributed by atoms with Crippen molar-refractivity contribution in [1.29, 1.82) is 0 Å². The van der Waals surface area contributed by atoms with Crippen molar-refractivity contribution in [3.63, 3.8) is 0 Å². The summed E-state index contributed by atoms with van der Waals surface area (Å²) in [6.07, 6.45) is 1.86. The summed E-state index contributed by atoms with van der Waals surface area (Å²) in [6, 6.07) is 21.6. The fourth-order valence-electron chi connectivity index (χ4n) is 3.99. The first-order valence-electron chi connectivity index (χ1n) is 10.6. The standard InChI is InChI=1S/C25H27N3O3/c26-25(30)21-6-3-13-28(16-21)15-18-7-10-22(11-8-18)27-24(29)17-31-23-12-9-19-4-1-2-5-20(19)14-23/h1-2,4-5,7-12,14,21H,3,6,13,15-17H2,(H2,26,30)(H,27,29). The molecule has 1 aliphatic heterocycles. The molecule has 0 radical (unpaired) electrons. The number of likely N-dealkylation sites (tertiary alicyclic amines) is 1. The zero-order valence-corrected chi connectivity index (χ0v) is 17.4. The Morgan fingerprint density at radius 2 is 1.81 bits per heavy atom. The van der Waals surface area contributed by atoms with Gasteiger partial charge in [-0.1, -0.05) is 42.5 Å². The van der Waals surface area contributed by atoms with Crippen molar-refractivity contribution < 1.29 is 14.3 Å². The molecule has 0 spiro atoms. The lowest BCUT2D eigenvalue weighted by molar-refractivity contribution is -0.123. The summed E-state index contributed by atoms with van der Waals surface area (Å²) < 4.78 is 5.65. The van der Waals surface area contributed by atoms with Crippen LogP contribution in [0.5, 0.6) is 5.75 Å². The van der Waals surface area contributed by atoms with Gasteiger partial charge in [-0.25, -0.2) is 0 Å². The number of hydrogen-bond donors (Lipinski definition) is 2. The van der Waals surface area contributed by atoms with Gasteiger partial charge in [0.1, 0.15) is 5.75 Å². The zero-order valence-electron chi connectivity index (χ0n) is 17.4. The first-order chi connectivity index (χ1) is 15.1. The molecular weight excluding hydrogens is 390 g/mol. The normalized spacial score (nSPS) is 16.7. The second-order valence-electron chi connectivity index (χ2n) is 8.02. The van der Waals surface area contributed by atoms with Crippen molar-refractivity contribution in [2.24, 2.45) is 11.7 Å². The Kier molecular flexibility index (Phi) is 6.48. The third-order valence-electron chi connectivity index (χ3n) is 5.64. The van der Waals surface area contributed by atoms with Gasteiger partial charge in [-0.15, -0.1) is 0 Å². The number of fused-ring (bicyclic) bond motifs is 1. The number of nitrogens with zero attached hydrogens (tertiary/aromatic N) is 1. The summed E-state index contributed by atoms with van der Waals surface area (Å²) in [5, 5.41) is 5.07. The van der Waals surface area contributed by atoms with Gasteiger partial charge < -0.3 is 15.8 Å². The number of ether oxygens (including phenoxy) is 1. The number of nitrogens with two attached hydrogens (primary N) is 1. The average molecular weight is 418 g/mol. The van der Waals surface area contributed by atoms with Crippen molar-refractivity contribution in [3.05, 3.63) is 72.3 Å². The van der Waals surface area contributed by atoms with E-state index in [2.05, 4.69) is 10.2 Å². The average Bonchev–Trinajstić information content (AvgIpc) is 2.79. The fraction of sp³-hybridized carbons (Fsp3) is 0.280. The Labute approximate surface area is 182 Å². The first-order valence-corrected chi connectivity index (χ1v) is 10.6. The topological polar surface area (TPSA) is 84.7 Å². The molecule has 0 saturated carbocycles. The van der Waals surface area contributed by atoms with E-state index in [1.807, 2.05) is 66.7 Å². The molecule has 4 rings (SSSR count). The molecule has 1 unspecified atom stereocenters. The summed E-state index contributed by atoms with van der Waals surface area (Å²) in [5.74, 6) is 0.185. The van der Waals surface area contributed by atoms with Crippen LogP contribution in [0.4, 0.5) is 5.69 Å². The smallest absolute Gasteiger partial charge is 0.262 e. The number of benzene rings is 3. The van der Waals surface area contributed by atoms with Crippen LogP contribution in [0.25, 0.3) is 10.8 Å². The van der Waals surface area contributed by atoms with Gasteiger partial charge in [0.2, 0.25) is 5.91 Å². The molecule has 1 fully saturated rings. The summed E-state index contributed by atoms with van der Waals surface area (Å²) in [6.45, 7) is 2.39. The molecule has 1 saturated heterocycles. The minimum absolute atomic E-state index is 0.0532. The number of carbonyl (C=O) groups excluding carboxylic acids is 2. The van der Waals surface area contributed by atoms with Crippen LogP contribution in [0.15, 0.2) is 66.7 Å². The van der Waals surface area contributed by atoms with Gasteiger partial charge in [0.05, 0.1) is 5.92 Å². The van der Waals surface area contributed by atoms with E-state index in [4.69, 9.17) is 10.5 Å². The summed E-state index contributed by atoms with van der Waals surface area (Å²) in [7, 11) is 0. The summed E-state index contributed by atoms with van der Waals surface area (Å²) in [5.41, 5.74) is 7.32. The SMILES string of the molecule is NC(=O)C1CCCN(Cc2ccc(NC(=O)COc3ccc4ccccc4c3)cc2)C1. The number of piperidine rings is 1. The van der Waals surface area contributed by atoms with Gasteiger partial charge in [0.15, 0.2) is 6.61 Å². The molecule has 3 aromatic carbocycles. The molecule has 31 heavy (non-hydrogen) atoms. The second kappa shape index (κ2) is 9.62. The minimum Gasteiger partial charge on any atom is -0.484 e. The van der Waals surface area contributed by atoms with E-state index < -0.39 is 0 Å². The number of carbonyl (C=O) groups is 2. The molecule has 3 N–H and O–H groups in total. The number of anilines is 1. The molecular formula is C25H27N3O3. The van der Waals surface area contributed by atoms with E-state index in [9.17, 15) is 9.59 Å². The van der Waals surface area contributed by atoms with E-state index in [0.29, 0.717) is 12.3 Å². The molecule has 6 heteroatoms. The van der Waals surface area contributed by atoms with Crippen LogP contribution in [-0.4, -0.2) is 36.4 Å². The molecule has 0 aromatic heterocycles. The van der Waals surface area contributed by atoms with Gasteiger partial charge in [-0.3, -0.25) is 14.5 Å². The molecule has 0 bridgehead atoms. The van der Waals surface area contributed by atoms with Crippen LogP contribution in [0, 0.1) is 5.92 Å². The van der Waals surface area contributed by atoms with Gasteiger partial charge in [0, 0.05) is 18.8 Å². The van der Waals surface area contributed by atoms with E-state index in [1.54, 1.807) is 0 Å². The van der Waals surface area contributed by atoms with Crippen LogP contribution in [0.2, 0.25) is 0 Å². The quantitative estimate of drug-likeness (QED) is 0.616. The van der Waals surface area contributed by atoms with E-state index in [0.717, 1.165) is 48.0 Å². The fourth-order valence-corrected chi connectivity index (χ4v) is 3.99. The lowest BCUT2D eigenvalue weighted by Crippen LogP contribution is -2.40. The molecule has 0 aliphatic carbocycles. The van der Waals surface area contributed by atoms with Crippen LogP contribution >= 0.6 is 0 Å². The predicted octanol–water partition coefficient (Wildman–Crippen LogP) is 3.55. The van der Waals surface area contributed by atoms with E-state index >= 15 is 0 Å². The molecule has 1 atom stereocenters. The number of nitrogens with one attached hydrogen (secondary N) is 1. The van der Waals surface area contributed by atoms with Crippen LogP contribution in [0.3, 0.4) is 0 Å². The lowest BCUT2D eigenvalue weighted by atomic mass is 9.97. The maximum atomic E-state index is 12.3. The Morgan fingerprint density at radius 3 is 2.58 bits per heavy atom. The van der Waals surface area contributed by atoms with Gasteiger partial charge in [-0.05, 0) is 60.0 Å². The van der Waals surface area contributed by atoms with Crippen molar-refractivity contribution in [3.8, 4) is 5.75 Å². The summed E-state index contributed by atoms with van der Waals surface area (Å²) in [4.78, 5) is 26.0. The minimum atomic E-state index is -0.214. The largest absolute Gasteiger partial charge is 0.484 e. The van der Waals surface area contributed by atoms with E-state index in [1.165, 1.54) is 0 Å². The Hall–Kier alpha value is -3.38. The molecule has 1 heterocycles. The van der Waals surface area contributed by atoms with Crippen molar-refractivity contribution >= 4 is 28.3 Å². The Balaban J connectivity index is 1.27. The van der Waals surface area contributed by atoms with E-state index in [-0.39, 0.29) is 24.3 Å². The summed E-state index contributed by atoms with van der Waals surface area (Å²) >= 11 is 0. The second-order valence-corrected chi connectivity index (χ2v) is 8.02. The Morgan fingerprint density at radius 1 is 1.03 bits per heavy atom. The van der Waals surface area contributed by atoms with Crippen molar-refractivity contribution in [2.45, 2.75) is 19.4 Å². The third-order valence-corrected chi connectivity index (χ3v) is 5.64. The molecule has 2 amide bonds. The zero-order chi connectivity index (χ0) is 21.6. The lowest BCUT2D eigenvalue weighted by Gasteiger charge is -2.31. The highest BCUT2D eigenvalue weighted by atomic mass is 16.5. The molecule has 160 valence electrons. The van der Waals surface area contributed by atoms with Gasteiger partial charge >= 0.3 is 0 Å². The van der Waals surface area contributed by atoms with Crippen LogP contribution < -0.4 is 15.8 Å². The van der Waals surface area contributed by atoms with Gasteiger partial charge in [0.25, 0.3) is 5.91 Å². The highest BCUT2D eigenvalue weighted by Crippen LogP contribution is 2.21. The number of hydrogen-bond acceptors (Lipinski definition) is 4. The first kappa shape index (κ1) is 20.9. The van der Waals surface area contributed by atoms with Crippen LogP contribution in [0.1, 0.15) is 18.4 Å². The van der Waals surface area contributed by atoms with Crippen molar-refractivity contribution in [1.82, 2.24) is 4.90 Å². The Bertz CT molecular complexity index is 1070. The molecule has 3 aromatic rings. The highest BCUT2D eigenvalue weighted by molar-refractivity contribution is 5.92. The monoisotopic (exact) mass is 417 g/mol. The highest BCUT2D eigenvalue weighted by Gasteiger charge is 2.23. The molecule has 1 aliphatic rings.